The maximum Gasteiger partial charge on any atom is 0.490 e. The smallest absolute Gasteiger partial charge is 0.475 e. The number of carboxylic acids is 1. The van der Waals surface area contributed by atoms with Crippen LogP contribution in [0.5, 0.6) is 0 Å². The summed E-state index contributed by atoms with van der Waals surface area (Å²) in [4.78, 5) is 31.2. The Kier molecular flexibility index (Phi) is 8.30. The minimum Gasteiger partial charge on any atom is -0.475 e. The van der Waals surface area contributed by atoms with E-state index in [0.29, 0.717) is 6.54 Å². The Morgan fingerprint density at radius 3 is 2.50 bits per heavy atom. The monoisotopic (exact) mass is 546 g/mol. The number of carbonyl (C=O) groups is 2. The second-order valence-corrected chi connectivity index (χ2v) is 10.3. The summed E-state index contributed by atoms with van der Waals surface area (Å²) in [5.41, 5.74) is 6.79. The number of aromatic amines is 1. The van der Waals surface area contributed by atoms with Crippen LogP contribution in [0, 0.1) is 0 Å². The Hall–Kier alpha value is -3.93. The third-order valence-corrected chi connectivity index (χ3v) is 7.30. The number of fused-ring (bicyclic) bond motifs is 1. The first-order chi connectivity index (χ1) is 18.1. The van der Waals surface area contributed by atoms with Crippen LogP contribution in [0.1, 0.15) is 27.3 Å². The van der Waals surface area contributed by atoms with Crippen LogP contribution in [0.2, 0.25) is 0 Å². The number of nitrogens with zero attached hydrogens (tertiary/aromatic N) is 2. The molecule has 200 valence electrons. The highest BCUT2D eigenvalue weighted by molar-refractivity contribution is 7.85. The summed E-state index contributed by atoms with van der Waals surface area (Å²) < 4.78 is 43.4. The maximum atomic E-state index is 12.1. The van der Waals surface area contributed by atoms with Gasteiger partial charge in [0.25, 0.3) is 5.91 Å². The molecule has 38 heavy (non-hydrogen) atoms. The molecule has 1 saturated heterocycles. The zero-order valence-electron chi connectivity index (χ0n) is 20.1. The van der Waals surface area contributed by atoms with Gasteiger partial charge in [0.05, 0.1) is 11.3 Å². The number of pyridine rings is 1. The third-order valence-electron chi connectivity index (χ3n) is 6.03. The fraction of sp³-hybridized carbons (Fsp3) is 0.269. The molecule has 8 nitrogen and oxygen atoms in total. The van der Waals surface area contributed by atoms with Crippen LogP contribution in [0.25, 0.3) is 23.4 Å². The standard InChI is InChI=1S/C24H24N4O2S.C2HF3O2/c29-24-20-16-22(27-21(20)8-10-26-24)18-7-9-25-19(15-18)6-5-17-3-1-2-4-23(17)28-11-13-31(30)14-12-28;3-2(4,5)1(6)7/h1-7,9,15-16,27H,8,10-14H2,(H,26,29);(H,6,7). The lowest BCUT2D eigenvalue weighted by Gasteiger charge is -2.29. The molecule has 0 radical (unpaired) electrons. The normalized spacial score (nSPS) is 16.0. The number of nitrogens with one attached hydrogen (secondary N) is 2. The van der Waals surface area contributed by atoms with E-state index in [9.17, 15) is 22.2 Å². The summed E-state index contributed by atoms with van der Waals surface area (Å²) in [5.74, 6) is -1.33. The Balaban J connectivity index is 0.000000426. The number of halogens is 3. The Labute approximate surface area is 219 Å². The molecule has 2 aliphatic rings. The lowest BCUT2D eigenvalue weighted by molar-refractivity contribution is -0.192. The van der Waals surface area contributed by atoms with Gasteiger partial charge in [0.1, 0.15) is 0 Å². The van der Waals surface area contributed by atoms with E-state index >= 15 is 0 Å². The number of anilines is 1. The molecule has 0 unspecified atom stereocenters. The summed E-state index contributed by atoms with van der Waals surface area (Å²) in [6, 6.07) is 14.2. The molecule has 3 N–H and O–H groups in total. The first kappa shape index (κ1) is 27.1. The number of hydrogen-bond acceptors (Lipinski definition) is 5. The molecule has 3 aromatic rings. The predicted octanol–water partition coefficient (Wildman–Crippen LogP) is 3.74. The summed E-state index contributed by atoms with van der Waals surface area (Å²) >= 11 is 0. The highest BCUT2D eigenvalue weighted by atomic mass is 32.2. The summed E-state index contributed by atoms with van der Waals surface area (Å²) in [6.45, 7) is 2.30. The summed E-state index contributed by atoms with van der Waals surface area (Å²) in [7, 11) is -0.693. The highest BCUT2D eigenvalue weighted by Crippen LogP contribution is 2.26. The number of benzene rings is 1. The number of aliphatic carboxylic acids is 1. The van der Waals surface area contributed by atoms with Crippen LogP contribution in [-0.4, -0.2) is 68.5 Å². The van der Waals surface area contributed by atoms with Gasteiger partial charge < -0.3 is 20.3 Å². The van der Waals surface area contributed by atoms with Crippen molar-refractivity contribution >= 4 is 40.5 Å². The van der Waals surface area contributed by atoms with Crippen molar-refractivity contribution in [3.63, 3.8) is 0 Å². The van der Waals surface area contributed by atoms with E-state index in [-0.39, 0.29) is 5.91 Å². The number of alkyl halides is 3. The number of para-hydroxylation sites is 1. The molecular formula is C26H25F3N4O4S. The second-order valence-electron chi connectivity index (χ2n) is 8.58. The Morgan fingerprint density at radius 1 is 1.11 bits per heavy atom. The maximum absolute atomic E-state index is 12.1. The first-order valence-electron chi connectivity index (χ1n) is 11.8. The Morgan fingerprint density at radius 2 is 1.82 bits per heavy atom. The number of hydrogen-bond donors (Lipinski definition) is 3. The molecule has 0 bridgehead atoms. The number of aromatic nitrogens is 2. The minimum atomic E-state index is -5.08. The van der Waals surface area contributed by atoms with E-state index in [4.69, 9.17) is 9.90 Å². The molecule has 0 atom stereocenters. The molecule has 2 aliphatic heterocycles. The molecule has 2 aromatic heterocycles. The molecule has 4 heterocycles. The topological polar surface area (TPSA) is 115 Å². The van der Waals surface area contributed by atoms with Gasteiger partial charge in [0.15, 0.2) is 0 Å². The van der Waals surface area contributed by atoms with Gasteiger partial charge in [-0.15, -0.1) is 0 Å². The van der Waals surface area contributed by atoms with E-state index < -0.39 is 22.9 Å². The van der Waals surface area contributed by atoms with Crippen molar-refractivity contribution in [1.82, 2.24) is 15.3 Å². The van der Waals surface area contributed by atoms with Gasteiger partial charge in [-0.1, -0.05) is 24.3 Å². The van der Waals surface area contributed by atoms with Crippen molar-refractivity contribution in [3.8, 4) is 11.3 Å². The fourth-order valence-electron chi connectivity index (χ4n) is 4.13. The highest BCUT2D eigenvalue weighted by Gasteiger charge is 2.38. The van der Waals surface area contributed by atoms with Gasteiger partial charge in [0.2, 0.25) is 0 Å². The average molecular weight is 547 g/mol. The van der Waals surface area contributed by atoms with E-state index in [2.05, 4.69) is 38.4 Å². The van der Waals surface area contributed by atoms with Crippen molar-refractivity contribution in [2.45, 2.75) is 12.6 Å². The average Bonchev–Trinajstić information content (AvgIpc) is 3.34. The first-order valence-corrected chi connectivity index (χ1v) is 13.2. The van der Waals surface area contributed by atoms with Crippen molar-refractivity contribution in [3.05, 3.63) is 71.2 Å². The largest absolute Gasteiger partial charge is 0.490 e. The van der Waals surface area contributed by atoms with Gasteiger partial charge in [-0.05, 0) is 35.9 Å². The van der Waals surface area contributed by atoms with Crippen LogP contribution in [-0.2, 0) is 22.0 Å². The van der Waals surface area contributed by atoms with Crippen molar-refractivity contribution in [1.29, 1.82) is 0 Å². The Bertz CT molecular complexity index is 1380. The van der Waals surface area contributed by atoms with Gasteiger partial charge >= 0.3 is 12.1 Å². The molecule has 1 aromatic carbocycles. The molecule has 5 rings (SSSR count). The van der Waals surface area contributed by atoms with E-state index in [0.717, 1.165) is 70.5 Å². The van der Waals surface area contributed by atoms with Crippen LogP contribution in [0.15, 0.2) is 48.7 Å². The van der Waals surface area contributed by atoms with Crippen molar-refractivity contribution in [2.75, 3.05) is 36.0 Å². The van der Waals surface area contributed by atoms with Crippen molar-refractivity contribution < 1.29 is 32.1 Å². The zero-order chi connectivity index (χ0) is 27.3. The van der Waals surface area contributed by atoms with Crippen LogP contribution >= 0.6 is 0 Å². The molecule has 1 amide bonds. The number of H-pyrrole nitrogens is 1. The molecule has 0 aliphatic carbocycles. The number of carbonyl (C=O) groups excluding carboxylic acids is 1. The van der Waals surface area contributed by atoms with Gasteiger partial charge in [-0.2, -0.15) is 13.2 Å². The molecular weight excluding hydrogens is 521 g/mol. The van der Waals surface area contributed by atoms with Gasteiger partial charge in [-0.25, -0.2) is 4.79 Å². The minimum absolute atomic E-state index is 0.0175. The fourth-order valence-corrected chi connectivity index (χ4v) is 5.18. The number of amides is 1. The second kappa shape index (κ2) is 11.6. The van der Waals surface area contributed by atoms with Gasteiger partial charge in [0, 0.05) is 77.2 Å². The molecule has 12 heteroatoms. The third kappa shape index (κ3) is 6.68. The van der Waals surface area contributed by atoms with Gasteiger partial charge in [-0.3, -0.25) is 14.0 Å². The van der Waals surface area contributed by atoms with Crippen molar-refractivity contribution in [2.24, 2.45) is 0 Å². The quantitative estimate of drug-likeness (QED) is 0.459. The van der Waals surface area contributed by atoms with Crippen LogP contribution in [0.3, 0.4) is 0 Å². The molecule has 1 fully saturated rings. The van der Waals surface area contributed by atoms with Crippen LogP contribution < -0.4 is 10.2 Å². The summed E-state index contributed by atoms with van der Waals surface area (Å²) in [6.07, 6.45) is 1.63. The number of carboxylic acid groups (broad SMARTS) is 1. The number of rotatable bonds is 4. The zero-order valence-corrected chi connectivity index (χ0v) is 20.9. The molecule has 0 spiro atoms. The summed E-state index contributed by atoms with van der Waals surface area (Å²) in [5, 5.41) is 10.0. The predicted molar refractivity (Wildman–Crippen MR) is 139 cm³/mol. The lowest BCUT2D eigenvalue weighted by atomic mass is 10.1. The molecule has 0 saturated carbocycles. The SMILES string of the molecule is O=C(O)C(F)(F)F.O=C1NCCc2[nH]c(-c3ccnc(C=Cc4ccccc4N4CCS(=O)CC4)c3)cc21. The van der Waals surface area contributed by atoms with E-state index in [1.165, 1.54) is 0 Å². The lowest BCUT2D eigenvalue weighted by Crippen LogP contribution is -2.38. The van der Waals surface area contributed by atoms with E-state index in [1.807, 2.05) is 36.4 Å². The van der Waals surface area contributed by atoms with Crippen LogP contribution in [0.4, 0.5) is 18.9 Å². The van der Waals surface area contributed by atoms with E-state index in [1.54, 1.807) is 6.20 Å².